The first-order valence-corrected chi connectivity index (χ1v) is 8.16. The molecule has 1 aliphatic rings. The van der Waals surface area contributed by atoms with Crippen LogP contribution in [0, 0.1) is 19.8 Å². The molecule has 2 amide bonds. The molecule has 7 heteroatoms. The van der Waals surface area contributed by atoms with Crippen LogP contribution in [0.25, 0.3) is 0 Å². The summed E-state index contributed by atoms with van der Waals surface area (Å²) in [6.07, 6.45) is 0. The Balaban J connectivity index is 1.93. The van der Waals surface area contributed by atoms with Crippen LogP contribution in [0.3, 0.4) is 0 Å². The van der Waals surface area contributed by atoms with Crippen LogP contribution in [-0.2, 0) is 16.1 Å². The van der Waals surface area contributed by atoms with E-state index in [4.69, 9.17) is 9.26 Å². The van der Waals surface area contributed by atoms with Gasteiger partial charge in [-0.2, -0.15) is 0 Å². The van der Waals surface area contributed by atoms with Crippen molar-refractivity contribution >= 4 is 23.2 Å². The van der Waals surface area contributed by atoms with Crippen molar-refractivity contribution in [1.82, 2.24) is 5.16 Å². The van der Waals surface area contributed by atoms with Crippen molar-refractivity contribution in [1.29, 1.82) is 0 Å². The quantitative estimate of drug-likeness (QED) is 0.923. The van der Waals surface area contributed by atoms with Gasteiger partial charge < -0.3 is 19.5 Å². The molecule has 3 rings (SSSR count). The number of nitrogens with zero attached hydrogens (tertiary/aromatic N) is 2. The van der Waals surface area contributed by atoms with E-state index in [-0.39, 0.29) is 24.3 Å². The first-order chi connectivity index (χ1) is 11.9. The topological polar surface area (TPSA) is 84.7 Å². The molecule has 1 aromatic carbocycles. The van der Waals surface area contributed by atoms with E-state index in [1.54, 1.807) is 23.1 Å². The number of amides is 2. The number of fused-ring (bicyclic) bond motifs is 1. The Morgan fingerprint density at radius 1 is 1.36 bits per heavy atom. The Morgan fingerprint density at radius 3 is 2.76 bits per heavy atom. The number of carbonyl (C=O) groups is 2. The van der Waals surface area contributed by atoms with Crippen LogP contribution in [-0.4, -0.2) is 23.6 Å². The van der Waals surface area contributed by atoms with Crippen molar-refractivity contribution in [3.05, 3.63) is 35.2 Å². The molecule has 0 fully saturated rings. The molecule has 0 aliphatic carbocycles. The molecule has 0 saturated heterocycles. The fourth-order valence-corrected chi connectivity index (χ4v) is 2.63. The van der Waals surface area contributed by atoms with Crippen LogP contribution >= 0.6 is 0 Å². The van der Waals surface area contributed by atoms with E-state index < -0.39 is 0 Å². The third-order valence-electron chi connectivity index (χ3n) is 4.19. The first kappa shape index (κ1) is 17.0. The van der Waals surface area contributed by atoms with E-state index >= 15 is 0 Å². The molecule has 1 aromatic heterocycles. The second kappa shape index (κ2) is 6.58. The fourth-order valence-electron chi connectivity index (χ4n) is 2.63. The standard InChI is InChI=1S/C18H21N3O4/c1-10(2)18(23)19-13-5-6-16-15(7-13)21(17(22)9-24-16)8-14-11(3)20-25-12(14)4/h5-7,10H,8-9H2,1-4H3,(H,19,23). The predicted octanol–water partition coefficient (Wildman–Crippen LogP) is 2.81. The van der Waals surface area contributed by atoms with Gasteiger partial charge in [0.05, 0.1) is 17.9 Å². The van der Waals surface area contributed by atoms with Crippen LogP contribution in [0.15, 0.2) is 22.7 Å². The number of rotatable bonds is 4. The number of nitrogens with one attached hydrogen (secondary N) is 1. The monoisotopic (exact) mass is 343 g/mol. The van der Waals surface area contributed by atoms with Gasteiger partial charge in [-0.15, -0.1) is 0 Å². The summed E-state index contributed by atoms with van der Waals surface area (Å²) in [4.78, 5) is 26.0. The van der Waals surface area contributed by atoms with Crippen molar-refractivity contribution < 1.29 is 18.8 Å². The lowest BCUT2D eigenvalue weighted by atomic mass is 10.1. The van der Waals surface area contributed by atoms with E-state index in [9.17, 15) is 9.59 Å². The van der Waals surface area contributed by atoms with Gasteiger partial charge in [-0.25, -0.2) is 0 Å². The van der Waals surface area contributed by atoms with Gasteiger partial charge in [-0.05, 0) is 32.0 Å². The second-order valence-corrected chi connectivity index (χ2v) is 6.40. The maximum atomic E-state index is 12.4. The van der Waals surface area contributed by atoms with Gasteiger partial charge in [0.15, 0.2) is 6.61 Å². The Kier molecular flexibility index (Phi) is 4.48. The zero-order valence-corrected chi connectivity index (χ0v) is 14.8. The van der Waals surface area contributed by atoms with E-state index in [0.717, 1.165) is 11.3 Å². The lowest BCUT2D eigenvalue weighted by Gasteiger charge is -2.29. The largest absolute Gasteiger partial charge is 0.482 e. The summed E-state index contributed by atoms with van der Waals surface area (Å²) >= 11 is 0. The Hall–Kier alpha value is -2.83. The molecular weight excluding hydrogens is 322 g/mol. The number of anilines is 2. The van der Waals surface area contributed by atoms with Gasteiger partial charge in [-0.3, -0.25) is 9.59 Å². The number of aromatic nitrogens is 1. The van der Waals surface area contributed by atoms with Gasteiger partial charge in [-0.1, -0.05) is 19.0 Å². The molecule has 7 nitrogen and oxygen atoms in total. The SMILES string of the molecule is Cc1noc(C)c1CN1C(=O)COc2ccc(NC(=O)C(C)C)cc21. The Labute approximate surface area is 145 Å². The molecule has 0 bridgehead atoms. The number of benzene rings is 1. The maximum absolute atomic E-state index is 12.4. The average Bonchev–Trinajstić information content (AvgIpc) is 2.89. The zero-order chi connectivity index (χ0) is 18.1. The minimum atomic E-state index is -0.153. The van der Waals surface area contributed by atoms with Gasteiger partial charge in [0, 0.05) is 17.2 Å². The Bertz CT molecular complexity index is 806. The minimum Gasteiger partial charge on any atom is -0.482 e. The summed E-state index contributed by atoms with van der Waals surface area (Å²) in [5, 5.41) is 6.78. The van der Waals surface area contributed by atoms with Crippen LogP contribution in [0.4, 0.5) is 11.4 Å². The number of hydrogen-bond acceptors (Lipinski definition) is 5. The lowest BCUT2D eigenvalue weighted by Crippen LogP contribution is -2.38. The predicted molar refractivity (Wildman–Crippen MR) is 92.6 cm³/mol. The fraction of sp³-hybridized carbons (Fsp3) is 0.389. The number of ether oxygens (including phenoxy) is 1. The van der Waals surface area contributed by atoms with Gasteiger partial charge >= 0.3 is 0 Å². The molecule has 2 heterocycles. The summed E-state index contributed by atoms with van der Waals surface area (Å²) in [7, 11) is 0. The summed E-state index contributed by atoms with van der Waals surface area (Å²) < 4.78 is 10.7. The smallest absolute Gasteiger partial charge is 0.265 e. The van der Waals surface area contributed by atoms with Crippen LogP contribution < -0.4 is 15.0 Å². The van der Waals surface area contributed by atoms with Crippen LogP contribution in [0.1, 0.15) is 30.9 Å². The van der Waals surface area contributed by atoms with Crippen molar-refractivity contribution in [2.45, 2.75) is 34.2 Å². The van der Waals surface area contributed by atoms with Crippen molar-refractivity contribution in [3.63, 3.8) is 0 Å². The molecule has 0 atom stereocenters. The Morgan fingerprint density at radius 2 is 2.12 bits per heavy atom. The van der Waals surface area contributed by atoms with Gasteiger partial charge in [0.25, 0.3) is 5.91 Å². The maximum Gasteiger partial charge on any atom is 0.265 e. The molecule has 25 heavy (non-hydrogen) atoms. The molecule has 0 spiro atoms. The summed E-state index contributed by atoms with van der Waals surface area (Å²) in [5.74, 6) is 0.920. The third-order valence-corrected chi connectivity index (χ3v) is 4.19. The zero-order valence-electron chi connectivity index (χ0n) is 14.8. The van der Waals surface area contributed by atoms with Gasteiger partial charge in [0.1, 0.15) is 11.5 Å². The molecule has 2 aromatic rings. The van der Waals surface area contributed by atoms with E-state index in [0.29, 0.717) is 29.4 Å². The number of carbonyl (C=O) groups excluding carboxylic acids is 2. The minimum absolute atomic E-state index is 0.0198. The van der Waals surface area contributed by atoms with E-state index in [1.807, 2.05) is 27.7 Å². The summed E-state index contributed by atoms with van der Waals surface area (Å²) in [6, 6.07) is 5.28. The van der Waals surface area contributed by atoms with Crippen LogP contribution in [0.5, 0.6) is 5.75 Å². The van der Waals surface area contributed by atoms with Crippen molar-refractivity contribution in [2.24, 2.45) is 5.92 Å². The van der Waals surface area contributed by atoms with Crippen molar-refractivity contribution in [3.8, 4) is 5.75 Å². The highest BCUT2D eigenvalue weighted by molar-refractivity contribution is 5.99. The number of aryl methyl sites for hydroxylation is 2. The highest BCUT2D eigenvalue weighted by Crippen LogP contribution is 2.36. The molecule has 0 saturated carbocycles. The average molecular weight is 343 g/mol. The molecule has 132 valence electrons. The van der Waals surface area contributed by atoms with Gasteiger partial charge in [0.2, 0.25) is 5.91 Å². The van der Waals surface area contributed by atoms with Crippen LogP contribution in [0.2, 0.25) is 0 Å². The molecule has 1 N–H and O–H groups in total. The highest BCUT2D eigenvalue weighted by atomic mass is 16.5. The third kappa shape index (κ3) is 3.35. The summed E-state index contributed by atoms with van der Waals surface area (Å²) in [5.41, 5.74) is 2.87. The molecule has 0 unspecified atom stereocenters. The lowest BCUT2D eigenvalue weighted by molar-refractivity contribution is -0.121. The van der Waals surface area contributed by atoms with E-state index in [1.165, 1.54) is 0 Å². The summed E-state index contributed by atoms with van der Waals surface area (Å²) in [6.45, 7) is 7.64. The molecular formula is C18H21N3O4. The first-order valence-electron chi connectivity index (χ1n) is 8.16. The van der Waals surface area contributed by atoms with Crippen molar-refractivity contribution in [2.75, 3.05) is 16.8 Å². The normalized spacial score (nSPS) is 13.6. The van der Waals surface area contributed by atoms with E-state index in [2.05, 4.69) is 10.5 Å². The molecule has 0 radical (unpaired) electrons. The highest BCUT2D eigenvalue weighted by Gasteiger charge is 2.28. The number of hydrogen-bond donors (Lipinski definition) is 1. The molecule has 1 aliphatic heterocycles. The second-order valence-electron chi connectivity index (χ2n) is 6.40.